The first-order valence-corrected chi connectivity index (χ1v) is 10.1. The van der Waals surface area contributed by atoms with Crippen molar-refractivity contribution in [3.8, 4) is 0 Å². The van der Waals surface area contributed by atoms with Crippen LogP contribution in [0.5, 0.6) is 0 Å². The molecule has 3 atom stereocenters. The highest BCUT2D eigenvalue weighted by Gasteiger charge is 2.31. The summed E-state index contributed by atoms with van der Waals surface area (Å²) in [5, 5.41) is 5.01. The van der Waals surface area contributed by atoms with E-state index in [0.717, 1.165) is 30.0 Å². The van der Waals surface area contributed by atoms with Gasteiger partial charge in [-0.1, -0.05) is 19.1 Å². The van der Waals surface area contributed by atoms with Gasteiger partial charge in [0.05, 0.1) is 23.5 Å². The Hall–Kier alpha value is -2.06. The van der Waals surface area contributed by atoms with Crippen LogP contribution < -0.4 is 10.6 Å². The molecule has 146 valence electrons. The topological polar surface area (TPSA) is 93.7 Å². The molecule has 1 aromatic rings. The van der Waals surface area contributed by atoms with Crippen LogP contribution in [0.3, 0.4) is 0 Å². The van der Waals surface area contributed by atoms with Gasteiger partial charge in [0.2, 0.25) is 5.91 Å². The number of hydrogen-bond acceptors (Lipinski definition) is 6. The number of fused-ring (bicyclic) bond motifs is 1. The number of ether oxygens (including phenoxy) is 2. The highest BCUT2D eigenvalue weighted by atomic mass is 32.2. The lowest BCUT2D eigenvalue weighted by atomic mass is 10.2. The van der Waals surface area contributed by atoms with Gasteiger partial charge in [0.15, 0.2) is 6.10 Å². The van der Waals surface area contributed by atoms with E-state index >= 15 is 0 Å². The van der Waals surface area contributed by atoms with E-state index in [4.69, 9.17) is 9.47 Å². The fourth-order valence-electron chi connectivity index (χ4n) is 3.04. The van der Waals surface area contributed by atoms with E-state index in [0.29, 0.717) is 13.0 Å². The predicted octanol–water partition coefficient (Wildman–Crippen LogP) is 2.11. The number of amides is 2. The third kappa shape index (κ3) is 5.23. The van der Waals surface area contributed by atoms with E-state index in [1.165, 1.54) is 11.8 Å². The Labute approximate surface area is 162 Å². The van der Waals surface area contributed by atoms with Gasteiger partial charge in [-0.25, -0.2) is 0 Å². The molecule has 0 unspecified atom stereocenters. The number of esters is 1. The number of rotatable bonds is 7. The van der Waals surface area contributed by atoms with E-state index in [2.05, 4.69) is 10.6 Å². The number of hydrogen-bond donors (Lipinski definition) is 2. The second kappa shape index (κ2) is 9.23. The van der Waals surface area contributed by atoms with Gasteiger partial charge in [-0.05, 0) is 31.4 Å². The molecule has 0 bridgehead atoms. The maximum absolute atomic E-state index is 12.3. The average Bonchev–Trinajstić information content (AvgIpc) is 3.18. The molecule has 2 amide bonds. The van der Waals surface area contributed by atoms with E-state index in [1.54, 1.807) is 6.92 Å². The smallest absolute Gasteiger partial charge is 0.308 e. The van der Waals surface area contributed by atoms with Crippen molar-refractivity contribution < 1.29 is 23.9 Å². The van der Waals surface area contributed by atoms with E-state index in [1.807, 2.05) is 24.3 Å². The molecular formula is C19H24N2O5S. The number of anilines is 1. The van der Waals surface area contributed by atoms with Crippen LogP contribution in [0.2, 0.25) is 0 Å². The van der Waals surface area contributed by atoms with Crippen molar-refractivity contribution >= 4 is 35.2 Å². The SMILES string of the molecule is CC[C@H](OC(=O)C[C@@H]1Sc2ccccc2NC1=O)C(=O)NC[C@H]1CCCO1. The normalized spacial score (nSPS) is 22.5. The summed E-state index contributed by atoms with van der Waals surface area (Å²) < 4.78 is 10.8. The van der Waals surface area contributed by atoms with Crippen molar-refractivity contribution in [2.45, 2.75) is 55.0 Å². The first-order valence-electron chi connectivity index (χ1n) is 9.22. The molecule has 2 heterocycles. The molecule has 2 N–H and O–H groups in total. The Morgan fingerprint density at radius 1 is 1.41 bits per heavy atom. The van der Waals surface area contributed by atoms with Crippen LogP contribution in [0.15, 0.2) is 29.2 Å². The third-order valence-corrected chi connectivity index (χ3v) is 5.80. The minimum atomic E-state index is -0.858. The van der Waals surface area contributed by atoms with Crippen LogP contribution in [-0.2, 0) is 23.9 Å². The van der Waals surface area contributed by atoms with Crippen molar-refractivity contribution in [3.63, 3.8) is 0 Å². The van der Waals surface area contributed by atoms with Gasteiger partial charge >= 0.3 is 5.97 Å². The summed E-state index contributed by atoms with van der Waals surface area (Å²) >= 11 is 1.33. The van der Waals surface area contributed by atoms with Crippen molar-refractivity contribution in [3.05, 3.63) is 24.3 Å². The summed E-state index contributed by atoms with van der Waals surface area (Å²) in [5.74, 6) is -1.11. The molecule has 8 heteroatoms. The first kappa shape index (κ1) is 19.7. The van der Waals surface area contributed by atoms with Gasteiger partial charge < -0.3 is 20.1 Å². The highest BCUT2D eigenvalue weighted by Crippen LogP contribution is 2.36. The van der Waals surface area contributed by atoms with Gasteiger partial charge in [0, 0.05) is 18.0 Å². The molecule has 2 aliphatic heterocycles. The minimum absolute atomic E-state index is 0.0320. The lowest BCUT2D eigenvalue weighted by Gasteiger charge is -2.24. The van der Waals surface area contributed by atoms with Gasteiger partial charge in [-0.2, -0.15) is 0 Å². The zero-order valence-electron chi connectivity index (χ0n) is 15.2. The number of nitrogens with one attached hydrogen (secondary N) is 2. The van der Waals surface area contributed by atoms with Crippen molar-refractivity contribution in [1.29, 1.82) is 0 Å². The Balaban J connectivity index is 1.49. The quantitative estimate of drug-likeness (QED) is 0.691. The van der Waals surface area contributed by atoms with Crippen LogP contribution in [0, 0.1) is 0 Å². The van der Waals surface area contributed by atoms with Crippen LogP contribution in [-0.4, -0.2) is 48.4 Å². The summed E-state index contributed by atoms with van der Waals surface area (Å²) in [7, 11) is 0. The monoisotopic (exact) mass is 392 g/mol. The molecule has 0 aliphatic carbocycles. The van der Waals surface area contributed by atoms with Gasteiger partial charge in [0.25, 0.3) is 5.91 Å². The lowest BCUT2D eigenvalue weighted by Crippen LogP contribution is -2.41. The fourth-order valence-corrected chi connectivity index (χ4v) is 4.14. The molecule has 1 saturated heterocycles. The molecule has 2 aliphatic rings. The van der Waals surface area contributed by atoms with E-state index in [9.17, 15) is 14.4 Å². The lowest BCUT2D eigenvalue weighted by molar-refractivity contribution is -0.156. The molecule has 1 fully saturated rings. The second-order valence-corrected chi connectivity index (χ2v) is 7.81. The third-order valence-electron chi connectivity index (χ3n) is 4.52. The zero-order valence-corrected chi connectivity index (χ0v) is 16.1. The number of thioether (sulfide) groups is 1. The molecule has 3 rings (SSSR count). The number of para-hydroxylation sites is 1. The van der Waals surface area contributed by atoms with Crippen LogP contribution in [0.25, 0.3) is 0 Å². The van der Waals surface area contributed by atoms with Crippen LogP contribution in [0.1, 0.15) is 32.6 Å². The Morgan fingerprint density at radius 2 is 2.22 bits per heavy atom. The van der Waals surface area contributed by atoms with Gasteiger partial charge in [-0.15, -0.1) is 11.8 Å². The van der Waals surface area contributed by atoms with Gasteiger partial charge in [-0.3, -0.25) is 14.4 Å². The number of carbonyl (C=O) groups excluding carboxylic acids is 3. The number of benzene rings is 1. The Morgan fingerprint density at radius 3 is 2.96 bits per heavy atom. The van der Waals surface area contributed by atoms with E-state index in [-0.39, 0.29) is 24.3 Å². The summed E-state index contributed by atoms with van der Waals surface area (Å²) in [4.78, 5) is 37.7. The molecule has 0 saturated carbocycles. The fraction of sp³-hybridized carbons (Fsp3) is 0.526. The van der Waals surface area contributed by atoms with Crippen molar-refractivity contribution in [1.82, 2.24) is 5.32 Å². The highest BCUT2D eigenvalue weighted by molar-refractivity contribution is 8.01. The summed E-state index contributed by atoms with van der Waals surface area (Å²) in [6.07, 6.45) is 1.38. The number of carbonyl (C=O) groups is 3. The molecular weight excluding hydrogens is 368 g/mol. The molecule has 7 nitrogen and oxygen atoms in total. The molecule has 0 radical (unpaired) electrons. The maximum atomic E-state index is 12.3. The molecule has 0 aromatic heterocycles. The second-order valence-electron chi connectivity index (χ2n) is 6.56. The minimum Gasteiger partial charge on any atom is -0.452 e. The average molecular weight is 392 g/mol. The first-order chi connectivity index (χ1) is 13.1. The van der Waals surface area contributed by atoms with Gasteiger partial charge in [0.1, 0.15) is 0 Å². The van der Waals surface area contributed by atoms with E-state index < -0.39 is 17.3 Å². The maximum Gasteiger partial charge on any atom is 0.308 e. The summed E-state index contributed by atoms with van der Waals surface area (Å²) in [6, 6.07) is 7.44. The van der Waals surface area contributed by atoms with Crippen molar-refractivity contribution in [2.75, 3.05) is 18.5 Å². The largest absolute Gasteiger partial charge is 0.452 e. The predicted molar refractivity (Wildman–Crippen MR) is 101 cm³/mol. The van der Waals surface area contributed by atoms with Crippen LogP contribution in [0.4, 0.5) is 5.69 Å². The van der Waals surface area contributed by atoms with Crippen LogP contribution >= 0.6 is 11.8 Å². The molecule has 1 aromatic carbocycles. The molecule has 27 heavy (non-hydrogen) atoms. The standard InChI is InChI=1S/C19H24N2O5S/c1-2-14(18(23)20-11-12-6-5-9-25-12)26-17(22)10-16-19(24)21-13-7-3-4-8-15(13)27-16/h3-4,7-8,12,14,16H,2,5-6,9-11H2,1H3,(H,20,23)(H,21,24)/t12-,14+,16+/m1/s1. The van der Waals surface area contributed by atoms with Crippen molar-refractivity contribution in [2.24, 2.45) is 0 Å². The Kier molecular flexibility index (Phi) is 6.73. The molecule has 0 spiro atoms. The zero-order chi connectivity index (χ0) is 19.2. The Bertz CT molecular complexity index is 705. The summed E-state index contributed by atoms with van der Waals surface area (Å²) in [6.45, 7) is 2.92. The summed E-state index contributed by atoms with van der Waals surface area (Å²) in [5.41, 5.74) is 0.747.